The van der Waals surface area contributed by atoms with Gasteiger partial charge in [-0.25, -0.2) is 9.59 Å². The van der Waals surface area contributed by atoms with E-state index in [2.05, 4.69) is 0 Å². The molecule has 4 amide bonds. The lowest BCUT2D eigenvalue weighted by Gasteiger charge is -3.10. The van der Waals surface area contributed by atoms with Gasteiger partial charge in [-0.3, -0.25) is 14.5 Å². The molecule has 160 valence electrons. The summed E-state index contributed by atoms with van der Waals surface area (Å²) in [6.45, 7) is 6.29. The number of esters is 1. The molecule has 0 unspecified atom stereocenters. The standard InChI is InChI=1S/C21H25N3O6/c1-19(2,3)30-18(28)22-5-6-23-8(7-22)15(25)24(17(23)27)21-12-9-13(21)11-14(21)10(12)20(9,11)16(26)29-4/h8-14H,5-7H2,1-4H3/t8-,9?,10?,11?,12?,13?,14?,20?,21?/m0/s1. The Balaban J connectivity index is 1.12. The molecule has 0 N–H and O–H groups in total. The number of methoxy groups -OCH3 is 1. The Bertz CT molecular complexity index is 915. The molecule has 2 heterocycles. The van der Waals surface area contributed by atoms with Crippen LogP contribution in [-0.2, 0) is 19.1 Å². The van der Waals surface area contributed by atoms with Crippen molar-refractivity contribution < 1.29 is 28.7 Å². The van der Waals surface area contributed by atoms with Gasteiger partial charge in [-0.05, 0) is 56.3 Å². The van der Waals surface area contributed by atoms with Crippen LogP contribution in [0.1, 0.15) is 20.8 Å². The van der Waals surface area contributed by atoms with Crippen molar-refractivity contribution in [1.82, 2.24) is 14.7 Å². The first-order chi connectivity index (χ1) is 14.1. The lowest BCUT2D eigenvalue weighted by atomic mass is 8.94. The largest absolute Gasteiger partial charge is 0.469 e. The van der Waals surface area contributed by atoms with E-state index in [-0.39, 0.29) is 53.2 Å². The number of carbonyl (C=O) groups is 4. The van der Waals surface area contributed by atoms with E-state index >= 15 is 0 Å². The van der Waals surface area contributed by atoms with Crippen LogP contribution in [0.3, 0.4) is 0 Å². The summed E-state index contributed by atoms with van der Waals surface area (Å²) in [5.74, 6) is 1.41. The van der Waals surface area contributed by atoms with Crippen LogP contribution in [0.15, 0.2) is 0 Å². The Hall–Kier alpha value is -2.32. The molecule has 9 nitrogen and oxygen atoms in total. The lowest BCUT2D eigenvalue weighted by Crippen LogP contribution is -3.16. The summed E-state index contributed by atoms with van der Waals surface area (Å²) in [5.41, 5.74) is -1.25. The van der Waals surface area contributed by atoms with Crippen LogP contribution >= 0.6 is 0 Å². The molecule has 6 saturated carbocycles. The maximum absolute atomic E-state index is 13.4. The molecule has 0 aromatic heterocycles. The van der Waals surface area contributed by atoms with E-state index < -0.39 is 17.7 Å². The number of nitrogens with zero attached hydrogens (tertiary/aromatic N) is 3. The minimum atomic E-state index is -0.631. The number of amides is 4. The van der Waals surface area contributed by atoms with E-state index in [0.717, 1.165) is 0 Å². The third-order valence-corrected chi connectivity index (χ3v) is 9.48. The van der Waals surface area contributed by atoms with Gasteiger partial charge in [0.2, 0.25) is 0 Å². The molecule has 6 aliphatic carbocycles. The highest BCUT2D eigenvalue weighted by Crippen LogP contribution is 3.08. The van der Waals surface area contributed by atoms with Crippen LogP contribution in [0.25, 0.3) is 0 Å². The molecular weight excluding hydrogens is 390 g/mol. The number of piperazine rings is 1. The Morgan fingerprint density at radius 2 is 1.60 bits per heavy atom. The fourth-order valence-electron chi connectivity index (χ4n) is 8.95. The van der Waals surface area contributed by atoms with Crippen molar-refractivity contribution in [3.63, 3.8) is 0 Å². The number of ether oxygens (including phenoxy) is 2. The third kappa shape index (κ3) is 1.30. The van der Waals surface area contributed by atoms with E-state index in [1.165, 1.54) is 12.0 Å². The van der Waals surface area contributed by atoms with Crippen LogP contribution in [0, 0.1) is 40.9 Å². The summed E-state index contributed by atoms with van der Waals surface area (Å²) in [7, 11) is 1.45. The van der Waals surface area contributed by atoms with Gasteiger partial charge in [0.25, 0.3) is 5.91 Å². The molecule has 2 aliphatic heterocycles. The lowest BCUT2D eigenvalue weighted by molar-refractivity contribution is -0.622. The van der Waals surface area contributed by atoms with Gasteiger partial charge in [0, 0.05) is 13.1 Å². The first-order valence-electron chi connectivity index (χ1n) is 10.8. The number of urea groups is 1. The highest BCUT2D eigenvalue weighted by molar-refractivity contribution is 6.07. The zero-order valence-electron chi connectivity index (χ0n) is 17.5. The van der Waals surface area contributed by atoms with E-state index in [0.29, 0.717) is 30.8 Å². The molecule has 9 heteroatoms. The van der Waals surface area contributed by atoms with E-state index in [1.54, 1.807) is 30.6 Å². The van der Waals surface area contributed by atoms with Crippen LogP contribution < -0.4 is 0 Å². The second-order valence-electron chi connectivity index (χ2n) is 11.1. The average molecular weight is 415 g/mol. The first kappa shape index (κ1) is 17.4. The van der Waals surface area contributed by atoms with Crippen molar-refractivity contribution in [2.75, 3.05) is 26.7 Å². The quantitative estimate of drug-likeness (QED) is 0.482. The fourth-order valence-corrected chi connectivity index (χ4v) is 8.95. The summed E-state index contributed by atoms with van der Waals surface area (Å²) in [5, 5.41) is 0. The molecule has 2 saturated heterocycles. The molecule has 8 aliphatic rings. The number of fused-ring (bicyclic) bond motifs is 1. The van der Waals surface area contributed by atoms with Crippen LogP contribution in [0.5, 0.6) is 0 Å². The Labute approximate surface area is 173 Å². The predicted octanol–water partition coefficient (Wildman–Crippen LogP) is 0.533. The molecule has 8 fully saturated rings. The zero-order valence-corrected chi connectivity index (χ0v) is 17.5. The van der Waals surface area contributed by atoms with Crippen molar-refractivity contribution in [3.05, 3.63) is 0 Å². The highest BCUT2D eigenvalue weighted by atomic mass is 16.6. The van der Waals surface area contributed by atoms with Gasteiger partial charge in [0.05, 0.1) is 24.6 Å². The Kier molecular flexibility index (Phi) is 2.59. The highest BCUT2D eigenvalue weighted by Gasteiger charge is 3.13. The smallest absolute Gasteiger partial charge is 0.410 e. The number of imide groups is 1. The number of rotatable bonds is 2. The molecule has 30 heavy (non-hydrogen) atoms. The van der Waals surface area contributed by atoms with Crippen molar-refractivity contribution >= 4 is 24.0 Å². The Morgan fingerprint density at radius 3 is 2.13 bits per heavy atom. The van der Waals surface area contributed by atoms with Crippen molar-refractivity contribution in [2.24, 2.45) is 40.9 Å². The molecule has 8 rings (SSSR count). The molecular formula is C21H25N3O6. The maximum atomic E-state index is 13.4. The van der Waals surface area contributed by atoms with Gasteiger partial charge in [-0.15, -0.1) is 0 Å². The molecule has 1 atom stereocenters. The topological polar surface area (TPSA) is 96.5 Å². The molecule has 0 aromatic rings. The average Bonchev–Trinajstić information content (AvgIpc) is 2.95. The normalized spacial score (nSPS) is 50.4. The fraction of sp³-hybridized carbons (Fsp3) is 0.810. The minimum Gasteiger partial charge on any atom is -0.469 e. The van der Waals surface area contributed by atoms with Crippen molar-refractivity contribution in [1.29, 1.82) is 0 Å². The van der Waals surface area contributed by atoms with E-state index in [1.807, 2.05) is 0 Å². The second-order valence-corrected chi connectivity index (χ2v) is 11.1. The van der Waals surface area contributed by atoms with E-state index in [4.69, 9.17) is 9.47 Å². The summed E-state index contributed by atoms with van der Waals surface area (Å²) in [6, 6.07) is -0.842. The van der Waals surface area contributed by atoms with E-state index in [9.17, 15) is 19.2 Å². The van der Waals surface area contributed by atoms with Crippen molar-refractivity contribution in [2.45, 2.75) is 38.0 Å². The summed E-state index contributed by atoms with van der Waals surface area (Å²) in [4.78, 5) is 56.1. The van der Waals surface area contributed by atoms with Gasteiger partial charge in [-0.2, -0.15) is 0 Å². The molecule has 0 aromatic carbocycles. The minimum absolute atomic E-state index is 0.0935. The second kappa shape index (κ2) is 4.48. The maximum Gasteiger partial charge on any atom is 0.410 e. The molecule has 0 radical (unpaired) electrons. The predicted molar refractivity (Wildman–Crippen MR) is 98.7 cm³/mol. The molecule has 0 spiro atoms. The van der Waals surface area contributed by atoms with Gasteiger partial charge >= 0.3 is 18.1 Å². The Morgan fingerprint density at radius 1 is 1.00 bits per heavy atom. The number of hydrogen-bond acceptors (Lipinski definition) is 6. The zero-order chi connectivity index (χ0) is 21.1. The number of hydrogen-bond donors (Lipinski definition) is 0. The van der Waals surface area contributed by atoms with Crippen molar-refractivity contribution in [3.8, 4) is 0 Å². The summed E-state index contributed by atoms with van der Waals surface area (Å²) >= 11 is 0. The summed E-state index contributed by atoms with van der Waals surface area (Å²) in [6.07, 6.45) is -0.447. The number of carbonyl (C=O) groups excluding carboxylic acids is 4. The first-order valence-corrected chi connectivity index (χ1v) is 10.8. The molecule has 0 bridgehead atoms. The van der Waals surface area contributed by atoms with Gasteiger partial charge in [-0.1, -0.05) is 0 Å². The van der Waals surface area contributed by atoms with Gasteiger partial charge in [0.15, 0.2) is 0 Å². The van der Waals surface area contributed by atoms with Crippen LogP contribution in [0.4, 0.5) is 9.59 Å². The van der Waals surface area contributed by atoms with Crippen LogP contribution in [-0.4, -0.2) is 82.6 Å². The SMILES string of the molecule is COC(=O)C12C3C4C1C1C2C3C41N1C(=O)[C@@H]2CN(C(=O)OC(C)(C)C)CCN2C1=O. The van der Waals surface area contributed by atoms with Crippen LogP contribution in [0.2, 0.25) is 0 Å². The third-order valence-electron chi connectivity index (χ3n) is 9.48. The monoisotopic (exact) mass is 415 g/mol. The van der Waals surface area contributed by atoms with Gasteiger partial charge in [0.1, 0.15) is 11.6 Å². The van der Waals surface area contributed by atoms with Gasteiger partial charge < -0.3 is 19.3 Å². The summed E-state index contributed by atoms with van der Waals surface area (Å²) < 4.78 is 10.5.